The molecule has 0 aliphatic heterocycles. The van der Waals surface area contributed by atoms with E-state index in [0.29, 0.717) is 44.7 Å². The van der Waals surface area contributed by atoms with Crippen LogP contribution in [-0.4, -0.2) is 39.0 Å². The second-order valence-electron chi connectivity index (χ2n) is 9.14. The maximum Gasteiger partial charge on any atom is 0.305 e. The fourth-order valence-corrected chi connectivity index (χ4v) is 3.52. The lowest BCUT2D eigenvalue weighted by molar-refractivity contribution is -0.145. The third-order valence-corrected chi connectivity index (χ3v) is 5.40. The van der Waals surface area contributed by atoms with Crippen molar-refractivity contribution in [3.8, 4) is 0 Å². The van der Waals surface area contributed by atoms with Gasteiger partial charge in [-0.1, -0.05) is 91.9 Å². The Balaban J connectivity index is 3.85. The number of carbonyl (C=O) groups excluding carboxylic acids is 1. The average molecular weight is 429 g/mol. The zero-order valence-electron chi connectivity index (χ0n) is 20.7. The molecular formula is C26H52O4. The van der Waals surface area contributed by atoms with E-state index in [-0.39, 0.29) is 5.97 Å². The van der Waals surface area contributed by atoms with E-state index >= 15 is 0 Å². The van der Waals surface area contributed by atoms with Gasteiger partial charge in [0.2, 0.25) is 0 Å². The summed E-state index contributed by atoms with van der Waals surface area (Å²) in [6.07, 6.45) is 16.7. The van der Waals surface area contributed by atoms with Gasteiger partial charge in [0.25, 0.3) is 0 Å². The zero-order chi connectivity index (χ0) is 22.3. The molecule has 0 saturated carbocycles. The van der Waals surface area contributed by atoms with E-state index in [2.05, 4.69) is 27.7 Å². The molecule has 0 fully saturated rings. The molecule has 0 aromatic carbocycles. The summed E-state index contributed by atoms with van der Waals surface area (Å²) in [6, 6.07) is 0. The Bertz CT molecular complexity index is 357. The molecule has 4 heteroatoms. The molecular weight excluding hydrogens is 376 g/mol. The van der Waals surface area contributed by atoms with Crippen molar-refractivity contribution in [2.24, 2.45) is 11.8 Å². The smallest absolute Gasteiger partial charge is 0.305 e. The first-order valence-electron chi connectivity index (χ1n) is 12.9. The summed E-state index contributed by atoms with van der Waals surface area (Å²) in [5, 5.41) is 0. The number of rotatable bonds is 23. The molecule has 0 radical (unpaired) electrons. The maximum absolute atomic E-state index is 12.1. The molecule has 0 heterocycles. The Morgan fingerprint density at radius 2 is 1.23 bits per heavy atom. The van der Waals surface area contributed by atoms with Gasteiger partial charge in [-0.05, 0) is 31.1 Å². The summed E-state index contributed by atoms with van der Waals surface area (Å²) in [6.45, 7) is 12.0. The number of hydrogen-bond acceptors (Lipinski definition) is 4. The maximum atomic E-state index is 12.1. The van der Waals surface area contributed by atoms with Crippen molar-refractivity contribution >= 4 is 5.97 Å². The van der Waals surface area contributed by atoms with Crippen LogP contribution in [0, 0.1) is 11.8 Å². The number of esters is 1. The van der Waals surface area contributed by atoms with Crippen LogP contribution < -0.4 is 0 Å². The van der Waals surface area contributed by atoms with Gasteiger partial charge in [-0.15, -0.1) is 0 Å². The van der Waals surface area contributed by atoms with Gasteiger partial charge in [-0.2, -0.15) is 0 Å². The molecule has 4 nitrogen and oxygen atoms in total. The van der Waals surface area contributed by atoms with Gasteiger partial charge in [0, 0.05) is 19.6 Å². The second kappa shape index (κ2) is 23.1. The van der Waals surface area contributed by atoms with Crippen LogP contribution in [0.25, 0.3) is 0 Å². The lowest BCUT2D eigenvalue weighted by Crippen LogP contribution is -2.15. The van der Waals surface area contributed by atoms with E-state index in [1.54, 1.807) is 0 Å². The van der Waals surface area contributed by atoms with Crippen LogP contribution in [0.5, 0.6) is 0 Å². The van der Waals surface area contributed by atoms with E-state index in [1.165, 1.54) is 77.0 Å². The fourth-order valence-electron chi connectivity index (χ4n) is 3.52. The number of hydrogen-bond donors (Lipinski definition) is 0. The van der Waals surface area contributed by atoms with Crippen LogP contribution in [0.3, 0.4) is 0 Å². The highest BCUT2D eigenvalue weighted by Crippen LogP contribution is 2.19. The van der Waals surface area contributed by atoms with Crippen LogP contribution in [-0.2, 0) is 19.0 Å². The van der Waals surface area contributed by atoms with Gasteiger partial charge in [-0.3, -0.25) is 4.79 Å². The normalized spacial score (nSPS) is 12.4. The SMILES string of the molecule is CCCCCCCCC(CCCCCC)COC(=O)CCCOCCOCC(C)C. The Morgan fingerprint density at radius 1 is 0.667 bits per heavy atom. The number of carbonyl (C=O) groups is 1. The summed E-state index contributed by atoms with van der Waals surface area (Å²) in [4.78, 5) is 12.1. The first-order chi connectivity index (χ1) is 14.6. The lowest BCUT2D eigenvalue weighted by Gasteiger charge is -2.17. The van der Waals surface area contributed by atoms with Crippen molar-refractivity contribution in [3.05, 3.63) is 0 Å². The van der Waals surface area contributed by atoms with Gasteiger partial charge in [0.05, 0.1) is 19.8 Å². The van der Waals surface area contributed by atoms with Crippen LogP contribution in [0.15, 0.2) is 0 Å². The molecule has 0 aromatic heterocycles. The Morgan fingerprint density at radius 3 is 1.87 bits per heavy atom. The van der Waals surface area contributed by atoms with Crippen LogP contribution in [0.1, 0.15) is 118 Å². The van der Waals surface area contributed by atoms with Crippen LogP contribution in [0.4, 0.5) is 0 Å². The van der Waals surface area contributed by atoms with Crippen molar-refractivity contribution < 1.29 is 19.0 Å². The van der Waals surface area contributed by atoms with Crippen molar-refractivity contribution in [2.75, 3.05) is 33.0 Å². The zero-order valence-corrected chi connectivity index (χ0v) is 20.7. The summed E-state index contributed by atoms with van der Waals surface area (Å²) in [5.74, 6) is 1.01. The minimum atomic E-state index is -0.0730. The first-order valence-corrected chi connectivity index (χ1v) is 12.9. The molecule has 0 N–H and O–H groups in total. The molecule has 1 unspecified atom stereocenters. The average Bonchev–Trinajstić information content (AvgIpc) is 2.72. The first kappa shape index (κ1) is 29.4. The van der Waals surface area contributed by atoms with Gasteiger partial charge in [0.15, 0.2) is 0 Å². The lowest BCUT2D eigenvalue weighted by atomic mass is 9.95. The molecule has 0 spiro atoms. The monoisotopic (exact) mass is 428 g/mol. The molecule has 30 heavy (non-hydrogen) atoms. The molecule has 0 amide bonds. The third-order valence-electron chi connectivity index (χ3n) is 5.40. The Labute approximate surface area is 187 Å². The molecule has 1 atom stereocenters. The van der Waals surface area contributed by atoms with Gasteiger partial charge in [0.1, 0.15) is 0 Å². The van der Waals surface area contributed by atoms with Gasteiger partial charge >= 0.3 is 5.97 Å². The number of unbranched alkanes of at least 4 members (excludes halogenated alkanes) is 8. The van der Waals surface area contributed by atoms with Crippen molar-refractivity contribution in [2.45, 2.75) is 118 Å². The standard InChI is InChI=1S/C26H52O4/c1-5-7-9-11-12-14-17-25(16-13-10-8-6-2)23-30-26(27)18-15-19-28-20-21-29-22-24(3)4/h24-25H,5-23H2,1-4H3. The Kier molecular flexibility index (Phi) is 22.6. The summed E-state index contributed by atoms with van der Waals surface area (Å²) < 4.78 is 16.6. The Hall–Kier alpha value is -0.610. The van der Waals surface area contributed by atoms with E-state index in [0.717, 1.165) is 13.0 Å². The van der Waals surface area contributed by atoms with Crippen LogP contribution in [0.2, 0.25) is 0 Å². The highest BCUT2D eigenvalue weighted by atomic mass is 16.5. The summed E-state index contributed by atoms with van der Waals surface area (Å²) in [5.41, 5.74) is 0. The van der Waals surface area contributed by atoms with Crippen molar-refractivity contribution in [3.63, 3.8) is 0 Å². The quantitative estimate of drug-likeness (QED) is 0.126. The van der Waals surface area contributed by atoms with Gasteiger partial charge < -0.3 is 14.2 Å². The third kappa shape index (κ3) is 22.1. The van der Waals surface area contributed by atoms with Gasteiger partial charge in [-0.25, -0.2) is 0 Å². The van der Waals surface area contributed by atoms with E-state index in [4.69, 9.17) is 14.2 Å². The highest BCUT2D eigenvalue weighted by Gasteiger charge is 2.12. The molecule has 0 aromatic rings. The van der Waals surface area contributed by atoms with E-state index in [1.807, 2.05) is 0 Å². The summed E-state index contributed by atoms with van der Waals surface area (Å²) in [7, 11) is 0. The van der Waals surface area contributed by atoms with Crippen LogP contribution >= 0.6 is 0 Å². The topological polar surface area (TPSA) is 44.8 Å². The second-order valence-corrected chi connectivity index (χ2v) is 9.14. The van der Waals surface area contributed by atoms with E-state index in [9.17, 15) is 4.79 Å². The van der Waals surface area contributed by atoms with Crippen molar-refractivity contribution in [1.29, 1.82) is 0 Å². The molecule has 0 aliphatic rings. The number of ether oxygens (including phenoxy) is 3. The molecule has 0 rings (SSSR count). The summed E-state index contributed by atoms with van der Waals surface area (Å²) >= 11 is 0. The highest BCUT2D eigenvalue weighted by molar-refractivity contribution is 5.69. The predicted molar refractivity (Wildman–Crippen MR) is 127 cm³/mol. The molecule has 180 valence electrons. The molecule has 0 aliphatic carbocycles. The minimum Gasteiger partial charge on any atom is -0.465 e. The largest absolute Gasteiger partial charge is 0.465 e. The fraction of sp³-hybridized carbons (Fsp3) is 0.962. The predicted octanol–water partition coefficient (Wildman–Crippen LogP) is 7.34. The minimum absolute atomic E-state index is 0.0730. The van der Waals surface area contributed by atoms with Crippen molar-refractivity contribution in [1.82, 2.24) is 0 Å². The van der Waals surface area contributed by atoms with E-state index < -0.39 is 0 Å². The molecule has 0 bridgehead atoms. The molecule has 0 saturated heterocycles.